The van der Waals surface area contributed by atoms with Crippen molar-refractivity contribution >= 4 is 15.9 Å². The first-order valence-corrected chi connectivity index (χ1v) is 6.46. The van der Waals surface area contributed by atoms with Gasteiger partial charge in [-0.15, -0.1) is 0 Å². The van der Waals surface area contributed by atoms with Gasteiger partial charge in [0.2, 0.25) is 0 Å². The standard InChI is InChI=1S/C13H13BrFN3/c1-2-17-13(12-8-16-5-6-18-12)10-4-3-9(14)7-11(10)15/h3-8,13,17H,2H2,1H3. The van der Waals surface area contributed by atoms with E-state index in [9.17, 15) is 4.39 Å². The predicted octanol–water partition coefficient (Wildman–Crippen LogP) is 3.08. The highest BCUT2D eigenvalue weighted by molar-refractivity contribution is 9.10. The molecule has 0 saturated carbocycles. The molecule has 0 aliphatic rings. The van der Waals surface area contributed by atoms with Crippen molar-refractivity contribution in [3.63, 3.8) is 0 Å². The summed E-state index contributed by atoms with van der Waals surface area (Å²) in [7, 11) is 0. The van der Waals surface area contributed by atoms with Crippen LogP contribution in [0.2, 0.25) is 0 Å². The van der Waals surface area contributed by atoms with E-state index in [0.29, 0.717) is 11.3 Å². The molecule has 0 bridgehead atoms. The van der Waals surface area contributed by atoms with Gasteiger partial charge in [0.05, 0.1) is 17.9 Å². The number of nitrogens with one attached hydrogen (secondary N) is 1. The Hall–Kier alpha value is -1.33. The minimum absolute atomic E-state index is 0.263. The van der Waals surface area contributed by atoms with E-state index < -0.39 is 0 Å². The number of hydrogen-bond donors (Lipinski definition) is 1. The van der Waals surface area contributed by atoms with Crippen LogP contribution in [0.15, 0.2) is 41.3 Å². The van der Waals surface area contributed by atoms with Gasteiger partial charge >= 0.3 is 0 Å². The van der Waals surface area contributed by atoms with E-state index >= 15 is 0 Å². The van der Waals surface area contributed by atoms with E-state index in [-0.39, 0.29) is 11.9 Å². The monoisotopic (exact) mass is 309 g/mol. The Labute approximate surface area is 114 Å². The van der Waals surface area contributed by atoms with Crippen molar-refractivity contribution in [2.24, 2.45) is 0 Å². The van der Waals surface area contributed by atoms with Crippen LogP contribution in [0.3, 0.4) is 0 Å². The van der Waals surface area contributed by atoms with Crippen LogP contribution in [0.5, 0.6) is 0 Å². The van der Waals surface area contributed by atoms with Crippen LogP contribution >= 0.6 is 15.9 Å². The molecule has 1 aromatic heterocycles. The minimum Gasteiger partial charge on any atom is -0.305 e. The maximum absolute atomic E-state index is 14.0. The molecule has 2 aromatic rings. The summed E-state index contributed by atoms with van der Waals surface area (Å²) in [6.45, 7) is 2.69. The van der Waals surface area contributed by atoms with E-state index in [0.717, 1.165) is 11.0 Å². The summed E-state index contributed by atoms with van der Waals surface area (Å²) in [5, 5.41) is 3.22. The van der Waals surface area contributed by atoms with E-state index in [4.69, 9.17) is 0 Å². The Balaban J connectivity index is 2.41. The van der Waals surface area contributed by atoms with Crippen molar-refractivity contribution in [1.29, 1.82) is 0 Å². The lowest BCUT2D eigenvalue weighted by molar-refractivity contribution is 0.550. The largest absolute Gasteiger partial charge is 0.305 e. The second-order valence-corrected chi connectivity index (χ2v) is 4.70. The molecular formula is C13H13BrFN3. The van der Waals surface area contributed by atoms with Crippen molar-refractivity contribution in [2.75, 3.05) is 6.54 Å². The third-order valence-corrected chi connectivity index (χ3v) is 3.05. The van der Waals surface area contributed by atoms with E-state index in [1.807, 2.05) is 13.0 Å². The predicted molar refractivity (Wildman–Crippen MR) is 71.7 cm³/mol. The van der Waals surface area contributed by atoms with Crippen LogP contribution in [-0.4, -0.2) is 16.5 Å². The van der Waals surface area contributed by atoms with E-state index in [2.05, 4.69) is 31.2 Å². The van der Waals surface area contributed by atoms with Gasteiger partial charge in [0.15, 0.2) is 0 Å². The first-order valence-electron chi connectivity index (χ1n) is 5.66. The van der Waals surface area contributed by atoms with Crippen LogP contribution < -0.4 is 5.32 Å². The molecule has 1 heterocycles. The molecule has 2 rings (SSSR count). The van der Waals surface area contributed by atoms with Gasteiger partial charge in [-0.05, 0) is 18.7 Å². The van der Waals surface area contributed by atoms with Gasteiger partial charge in [0.1, 0.15) is 5.82 Å². The zero-order valence-electron chi connectivity index (χ0n) is 9.90. The summed E-state index contributed by atoms with van der Waals surface area (Å²) >= 11 is 3.25. The fraction of sp³-hybridized carbons (Fsp3) is 0.231. The second-order valence-electron chi connectivity index (χ2n) is 3.79. The SMILES string of the molecule is CCNC(c1cnccn1)c1ccc(Br)cc1F. The third kappa shape index (κ3) is 2.91. The van der Waals surface area contributed by atoms with Crippen LogP contribution in [0.1, 0.15) is 24.2 Å². The number of nitrogens with zero attached hydrogens (tertiary/aromatic N) is 2. The lowest BCUT2D eigenvalue weighted by Crippen LogP contribution is -2.24. The second kappa shape index (κ2) is 6.02. The van der Waals surface area contributed by atoms with Gasteiger partial charge in [-0.25, -0.2) is 4.39 Å². The molecular weight excluding hydrogens is 297 g/mol. The van der Waals surface area contributed by atoms with Crippen molar-refractivity contribution in [3.05, 3.63) is 58.3 Å². The Kier molecular flexibility index (Phi) is 4.38. The van der Waals surface area contributed by atoms with Gasteiger partial charge in [-0.3, -0.25) is 9.97 Å². The average Bonchev–Trinajstić information content (AvgIpc) is 2.38. The van der Waals surface area contributed by atoms with E-state index in [1.165, 1.54) is 6.07 Å². The smallest absolute Gasteiger partial charge is 0.129 e. The van der Waals surface area contributed by atoms with Crippen molar-refractivity contribution in [3.8, 4) is 0 Å². The molecule has 0 radical (unpaired) electrons. The van der Waals surface area contributed by atoms with Gasteiger partial charge in [-0.1, -0.05) is 28.9 Å². The summed E-state index contributed by atoms with van der Waals surface area (Å²) in [6.07, 6.45) is 4.86. The van der Waals surface area contributed by atoms with Crippen molar-refractivity contribution < 1.29 is 4.39 Å². The van der Waals surface area contributed by atoms with Crippen LogP contribution in [0, 0.1) is 5.82 Å². The lowest BCUT2D eigenvalue weighted by atomic mass is 10.0. The summed E-state index contributed by atoms with van der Waals surface area (Å²) < 4.78 is 14.7. The molecule has 18 heavy (non-hydrogen) atoms. The minimum atomic E-state index is -0.281. The summed E-state index contributed by atoms with van der Waals surface area (Å²) in [5.41, 5.74) is 1.28. The fourth-order valence-electron chi connectivity index (χ4n) is 1.77. The van der Waals surface area contributed by atoms with Gasteiger partial charge < -0.3 is 5.32 Å². The Bertz CT molecular complexity index is 519. The number of hydrogen-bond acceptors (Lipinski definition) is 3. The van der Waals surface area contributed by atoms with Gasteiger partial charge in [0, 0.05) is 22.4 Å². The number of halogens is 2. The molecule has 1 N–H and O–H groups in total. The molecule has 0 amide bonds. The summed E-state index contributed by atoms with van der Waals surface area (Å²) in [5.74, 6) is -0.263. The highest BCUT2D eigenvalue weighted by Gasteiger charge is 2.18. The van der Waals surface area contributed by atoms with Crippen LogP contribution in [0.25, 0.3) is 0 Å². The normalized spacial score (nSPS) is 12.4. The average molecular weight is 310 g/mol. The molecule has 0 saturated heterocycles. The van der Waals surface area contributed by atoms with Crippen LogP contribution in [-0.2, 0) is 0 Å². The van der Waals surface area contributed by atoms with Crippen LogP contribution in [0.4, 0.5) is 4.39 Å². The Morgan fingerprint density at radius 3 is 2.83 bits per heavy atom. The zero-order chi connectivity index (χ0) is 13.0. The highest BCUT2D eigenvalue weighted by atomic mass is 79.9. The Morgan fingerprint density at radius 1 is 1.39 bits per heavy atom. The Morgan fingerprint density at radius 2 is 2.22 bits per heavy atom. The zero-order valence-corrected chi connectivity index (χ0v) is 11.5. The van der Waals surface area contributed by atoms with Crippen molar-refractivity contribution in [1.82, 2.24) is 15.3 Å². The maximum atomic E-state index is 14.0. The number of aromatic nitrogens is 2. The van der Waals surface area contributed by atoms with Gasteiger partial charge in [-0.2, -0.15) is 0 Å². The topological polar surface area (TPSA) is 37.8 Å². The highest BCUT2D eigenvalue weighted by Crippen LogP contribution is 2.24. The van der Waals surface area contributed by atoms with E-state index in [1.54, 1.807) is 24.7 Å². The molecule has 0 fully saturated rings. The maximum Gasteiger partial charge on any atom is 0.129 e. The number of rotatable bonds is 4. The third-order valence-electron chi connectivity index (χ3n) is 2.56. The lowest BCUT2D eigenvalue weighted by Gasteiger charge is -2.18. The van der Waals surface area contributed by atoms with Crippen molar-refractivity contribution in [2.45, 2.75) is 13.0 Å². The molecule has 0 aliphatic carbocycles. The molecule has 0 spiro atoms. The van der Waals surface area contributed by atoms with Gasteiger partial charge in [0.25, 0.3) is 0 Å². The molecule has 1 aromatic carbocycles. The molecule has 1 unspecified atom stereocenters. The quantitative estimate of drug-likeness (QED) is 0.943. The first kappa shape index (κ1) is 13.1. The molecule has 94 valence electrons. The number of benzene rings is 1. The molecule has 0 aliphatic heterocycles. The molecule has 3 nitrogen and oxygen atoms in total. The first-order chi connectivity index (χ1) is 8.72. The summed E-state index contributed by atoms with van der Waals surface area (Å²) in [4.78, 5) is 8.26. The summed E-state index contributed by atoms with van der Waals surface area (Å²) in [6, 6.07) is 4.74. The molecule has 1 atom stereocenters. The fourth-order valence-corrected chi connectivity index (χ4v) is 2.11. The molecule has 5 heteroatoms.